The Labute approximate surface area is 158 Å². The zero-order chi connectivity index (χ0) is 18.7. The summed E-state index contributed by atoms with van der Waals surface area (Å²) in [4.78, 5) is 16.9. The molecule has 2 aromatic rings. The van der Waals surface area contributed by atoms with E-state index in [2.05, 4.69) is 10.3 Å². The Morgan fingerprint density at radius 1 is 1.19 bits per heavy atom. The summed E-state index contributed by atoms with van der Waals surface area (Å²) in [6.45, 7) is 0. The number of benzene rings is 2. The van der Waals surface area contributed by atoms with E-state index in [-0.39, 0.29) is 11.7 Å². The lowest BCUT2D eigenvalue weighted by Crippen LogP contribution is -2.19. The van der Waals surface area contributed by atoms with Crippen LogP contribution in [0.25, 0.3) is 6.08 Å². The predicted octanol–water partition coefficient (Wildman–Crippen LogP) is 4.39. The first kappa shape index (κ1) is 18.3. The van der Waals surface area contributed by atoms with Crippen molar-refractivity contribution in [3.8, 4) is 11.5 Å². The number of nitrogens with zero attached hydrogens (tertiary/aromatic N) is 1. The molecule has 0 spiro atoms. The molecule has 134 valence electrons. The Hall–Kier alpha value is -2.51. The van der Waals surface area contributed by atoms with Crippen molar-refractivity contribution in [2.24, 2.45) is 4.99 Å². The smallest absolute Gasteiger partial charge is 0.264 e. The first-order chi connectivity index (χ1) is 12.5. The van der Waals surface area contributed by atoms with E-state index in [1.165, 1.54) is 50.2 Å². The van der Waals surface area contributed by atoms with Crippen LogP contribution in [0.1, 0.15) is 5.56 Å². The summed E-state index contributed by atoms with van der Waals surface area (Å²) in [5, 5.41) is 3.47. The molecule has 0 aromatic heterocycles. The number of carbonyl (C=O) groups is 1. The minimum absolute atomic E-state index is 0.276. The van der Waals surface area contributed by atoms with E-state index in [0.29, 0.717) is 37.8 Å². The first-order valence-corrected chi connectivity index (χ1v) is 8.66. The molecule has 1 aliphatic heterocycles. The summed E-state index contributed by atoms with van der Waals surface area (Å²) in [6, 6.07) is 9.09. The van der Waals surface area contributed by atoms with Crippen LogP contribution in [0.5, 0.6) is 11.5 Å². The Kier molecular flexibility index (Phi) is 5.49. The van der Waals surface area contributed by atoms with Crippen LogP contribution in [0.2, 0.25) is 5.02 Å². The molecule has 0 unspecified atom stereocenters. The lowest BCUT2D eigenvalue weighted by atomic mass is 10.2. The quantitative estimate of drug-likeness (QED) is 0.784. The van der Waals surface area contributed by atoms with Crippen molar-refractivity contribution in [2.45, 2.75) is 0 Å². The predicted molar refractivity (Wildman–Crippen MR) is 102 cm³/mol. The van der Waals surface area contributed by atoms with Crippen molar-refractivity contribution < 1.29 is 18.7 Å². The summed E-state index contributed by atoms with van der Waals surface area (Å²) in [5.74, 6) is 0.276. The molecule has 5 nitrogen and oxygen atoms in total. The second-order valence-electron chi connectivity index (χ2n) is 5.20. The molecule has 3 rings (SSSR count). The highest BCUT2D eigenvalue weighted by molar-refractivity contribution is 8.18. The number of thioether (sulfide) groups is 1. The van der Waals surface area contributed by atoms with Crippen LogP contribution in [0, 0.1) is 5.82 Å². The molecule has 0 atom stereocenters. The SMILES string of the molecule is COc1cc(/C=C2\SC(=Nc3ccc(F)cc3)NC2=O)cc(Cl)c1OC. The van der Waals surface area contributed by atoms with E-state index in [9.17, 15) is 9.18 Å². The third-order valence-corrected chi connectivity index (χ3v) is 4.65. The van der Waals surface area contributed by atoms with Crippen LogP contribution < -0.4 is 14.8 Å². The van der Waals surface area contributed by atoms with Gasteiger partial charge in [0.1, 0.15) is 5.82 Å². The third kappa shape index (κ3) is 4.00. The fourth-order valence-electron chi connectivity index (χ4n) is 2.29. The van der Waals surface area contributed by atoms with Crippen LogP contribution in [0.15, 0.2) is 46.3 Å². The van der Waals surface area contributed by atoms with E-state index < -0.39 is 0 Å². The van der Waals surface area contributed by atoms with Gasteiger partial charge < -0.3 is 14.8 Å². The zero-order valence-corrected chi connectivity index (χ0v) is 15.5. The highest BCUT2D eigenvalue weighted by atomic mass is 35.5. The molecule has 1 N–H and O–H groups in total. The molecule has 0 radical (unpaired) electrons. The Balaban J connectivity index is 1.87. The number of hydrogen-bond acceptors (Lipinski definition) is 5. The second-order valence-corrected chi connectivity index (χ2v) is 6.63. The summed E-state index contributed by atoms with van der Waals surface area (Å²) >= 11 is 7.37. The van der Waals surface area contributed by atoms with Gasteiger partial charge in [0.25, 0.3) is 5.91 Å². The molecule has 1 amide bonds. The van der Waals surface area contributed by atoms with Gasteiger partial charge in [-0.1, -0.05) is 11.6 Å². The molecule has 1 heterocycles. The van der Waals surface area contributed by atoms with Crippen LogP contribution in [0.3, 0.4) is 0 Å². The van der Waals surface area contributed by atoms with Gasteiger partial charge in [-0.25, -0.2) is 9.38 Å². The number of amides is 1. The molecule has 0 bridgehead atoms. The van der Waals surface area contributed by atoms with Crippen LogP contribution in [-0.4, -0.2) is 25.3 Å². The Bertz CT molecular complexity index is 913. The lowest BCUT2D eigenvalue weighted by Gasteiger charge is -2.10. The number of nitrogens with one attached hydrogen (secondary N) is 1. The maximum Gasteiger partial charge on any atom is 0.264 e. The second kappa shape index (κ2) is 7.80. The molecular formula is C18H14ClFN2O3S. The van der Waals surface area contributed by atoms with Crippen molar-refractivity contribution in [1.29, 1.82) is 0 Å². The molecule has 0 aliphatic carbocycles. The average Bonchev–Trinajstić information content (AvgIpc) is 2.95. The maximum absolute atomic E-state index is 13.0. The molecule has 2 aromatic carbocycles. The van der Waals surface area contributed by atoms with E-state index >= 15 is 0 Å². The highest BCUT2D eigenvalue weighted by Crippen LogP contribution is 2.37. The van der Waals surface area contributed by atoms with E-state index in [1.807, 2.05) is 0 Å². The number of methoxy groups -OCH3 is 2. The van der Waals surface area contributed by atoms with Crippen molar-refractivity contribution in [3.63, 3.8) is 0 Å². The molecule has 26 heavy (non-hydrogen) atoms. The minimum atomic E-state index is -0.344. The van der Waals surface area contributed by atoms with Gasteiger partial charge in [-0.15, -0.1) is 0 Å². The van der Waals surface area contributed by atoms with Crippen LogP contribution in [-0.2, 0) is 4.79 Å². The number of ether oxygens (including phenoxy) is 2. The monoisotopic (exact) mass is 392 g/mol. The fourth-order valence-corrected chi connectivity index (χ4v) is 3.42. The number of carbonyl (C=O) groups excluding carboxylic acids is 1. The molecule has 8 heteroatoms. The molecular weight excluding hydrogens is 379 g/mol. The number of hydrogen-bond donors (Lipinski definition) is 1. The molecule has 0 saturated carbocycles. The van der Waals surface area contributed by atoms with Crippen LogP contribution >= 0.6 is 23.4 Å². The summed E-state index contributed by atoms with van der Waals surface area (Å²) in [7, 11) is 3.01. The van der Waals surface area contributed by atoms with Gasteiger partial charge in [-0.3, -0.25) is 4.79 Å². The Morgan fingerprint density at radius 2 is 1.92 bits per heavy atom. The standard InChI is InChI=1S/C18H14ClFN2O3S/c1-24-14-8-10(7-13(19)16(14)25-2)9-15-17(23)22-18(26-15)21-12-5-3-11(20)4-6-12/h3-9H,1-2H3,(H,21,22,23)/b15-9-. The first-order valence-electron chi connectivity index (χ1n) is 7.47. The Morgan fingerprint density at radius 3 is 2.58 bits per heavy atom. The zero-order valence-electron chi connectivity index (χ0n) is 13.9. The van der Waals surface area contributed by atoms with Crippen molar-refractivity contribution in [1.82, 2.24) is 5.32 Å². The maximum atomic E-state index is 13.0. The normalized spacial score (nSPS) is 16.8. The van der Waals surface area contributed by atoms with Crippen LogP contribution in [0.4, 0.5) is 10.1 Å². The van der Waals surface area contributed by atoms with Gasteiger partial charge in [0.2, 0.25) is 0 Å². The summed E-state index contributed by atoms with van der Waals surface area (Å²) in [6.07, 6.45) is 1.68. The van der Waals surface area contributed by atoms with Crippen molar-refractivity contribution in [3.05, 3.63) is 57.7 Å². The molecule has 1 saturated heterocycles. The highest BCUT2D eigenvalue weighted by Gasteiger charge is 2.24. The van der Waals surface area contributed by atoms with Crippen molar-refractivity contribution in [2.75, 3.05) is 14.2 Å². The van der Waals surface area contributed by atoms with Gasteiger partial charge in [0.15, 0.2) is 16.7 Å². The summed E-state index contributed by atoms with van der Waals surface area (Å²) < 4.78 is 23.4. The van der Waals surface area contributed by atoms with E-state index in [1.54, 1.807) is 18.2 Å². The number of halogens is 2. The number of amidine groups is 1. The topological polar surface area (TPSA) is 59.9 Å². The molecule has 1 aliphatic rings. The largest absolute Gasteiger partial charge is 0.493 e. The van der Waals surface area contributed by atoms with Gasteiger partial charge in [-0.05, 0) is 59.8 Å². The van der Waals surface area contributed by atoms with E-state index in [4.69, 9.17) is 21.1 Å². The molecule has 1 fully saturated rings. The third-order valence-electron chi connectivity index (χ3n) is 3.46. The minimum Gasteiger partial charge on any atom is -0.493 e. The van der Waals surface area contributed by atoms with Crippen molar-refractivity contribution >= 4 is 46.2 Å². The number of aliphatic imine (C=N–C) groups is 1. The number of rotatable bonds is 4. The fraction of sp³-hybridized carbons (Fsp3) is 0.111. The van der Waals surface area contributed by atoms with E-state index in [0.717, 1.165) is 0 Å². The summed E-state index contributed by atoms with van der Waals surface area (Å²) in [5.41, 5.74) is 1.23. The lowest BCUT2D eigenvalue weighted by molar-refractivity contribution is -0.115. The van der Waals surface area contributed by atoms with Gasteiger partial charge in [-0.2, -0.15) is 0 Å². The average molecular weight is 393 g/mol. The van der Waals surface area contributed by atoms with Gasteiger partial charge in [0, 0.05) is 0 Å². The van der Waals surface area contributed by atoms with Gasteiger partial charge >= 0.3 is 0 Å². The van der Waals surface area contributed by atoms with Gasteiger partial charge in [0.05, 0.1) is 29.8 Å².